The molecule has 2 rings (SSSR count). The minimum Gasteiger partial charge on any atom is -0.382 e. The van der Waals surface area contributed by atoms with E-state index in [1.54, 1.807) is 23.3 Å². The zero-order chi connectivity index (χ0) is 10.5. The van der Waals surface area contributed by atoms with Crippen LogP contribution >= 0.6 is 15.9 Å². The number of halogens is 1. The summed E-state index contributed by atoms with van der Waals surface area (Å²) < 4.78 is 2.74. The second kappa shape index (κ2) is 4.88. The van der Waals surface area contributed by atoms with Crippen LogP contribution < -0.4 is 5.32 Å². The van der Waals surface area contributed by atoms with Crippen molar-refractivity contribution in [2.75, 3.05) is 11.9 Å². The Morgan fingerprint density at radius 3 is 3.07 bits per heavy atom. The van der Waals surface area contributed by atoms with E-state index in [0.717, 1.165) is 23.2 Å². The van der Waals surface area contributed by atoms with Gasteiger partial charge in [-0.05, 0) is 22.0 Å². The Hall–Kier alpha value is -1.43. The molecule has 1 N–H and O–H groups in total. The Morgan fingerprint density at radius 2 is 2.33 bits per heavy atom. The summed E-state index contributed by atoms with van der Waals surface area (Å²) >= 11 is 3.42. The SMILES string of the molecule is Brc1cnccc1NCCn1ccnn1. The van der Waals surface area contributed by atoms with E-state index in [1.807, 2.05) is 12.3 Å². The van der Waals surface area contributed by atoms with E-state index >= 15 is 0 Å². The maximum absolute atomic E-state index is 3.99. The van der Waals surface area contributed by atoms with Crippen LogP contribution in [0.3, 0.4) is 0 Å². The number of hydrogen-bond donors (Lipinski definition) is 1. The third kappa shape index (κ3) is 2.76. The fourth-order valence-corrected chi connectivity index (χ4v) is 1.57. The predicted octanol–water partition coefficient (Wildman–Crippen LogP) is 1.55. The second-order valence-corrected chi connectivity index (χ2v) is 3.80. The van der Waals surface area contributed by atoms with Crippen LogP contribution in [-0.4, -0.2) is 26.5 Å². The molecule has 0 amide bonds. The maximum Gasteiger partial charge on any atom is 0.0692 e. The molecule has 0 aliphatic carbocycles. The monoisotopic (exact) mass is 267 g/mol. The molecule has 0 radical (unpaired) electrons. The molecule has 0 saturated carbocycles. The van der Waals surface area contributed by atoms with Crippen molar-refractivity contribution in [2.45, 2.75) is 6.54 Å². The molecule has 0 spiro atoms. The van der Waals surface area contributed by atoms with Crippen molar-refractivity contribution in [3.05, 3.63) is 35.3 Å². The highest BCUT2D eigenvalue weighted by molar-refractivity contribution is 9.10. The number of aromatic nitrogens is 4. The van der Waals surface area contributed by atoms with Crippen molar-refractivity contribution in [3.8, 4) is 0 Å². The normalized spacial score (nSPS) is 10.2. The van der Waals surface area contributed by atoms with Gasteiger partial charge in [-0.25, -0.2) is 0 Å². The zero-order valence-electron chi connectivity index (χ0n) is 7.97. The number of rotatable bonds is 4. The average molecular weight is 268 g/mol. The molecule has 78 valence electrons. The lowest BCUT2D eigenvalue weighted by Crippen LogP contribution is -2.11. The van der Waals surface area contributed by atoms with E-state index < -0.39 is 0 Å². The van der Waals surface area contributed by atoms with Crippen LogP contribution in [0, 0.1) is 0 Å². The van der Waals surface area contributed by atoms with Crippen LogP contribution in [0.1, 0.15) is 0 Å². The Bertz CT molecular complexity index is 414. The molecular weight excluding hydrogens is 258 g/mol. The summed E-state index contributed by atoms with van der Waals surface area (Å²) in [5.41, 5.74) is 1.03. The summed E-state index contributed by atoms with van der Waals surface area (Å²) in [6.07, 6.45) is 7.02. The van der Waals surface area contributed by atoms with Gasteiger partial charge in [0.1, 0.15) is 0 Å². The third-order valence-electron chi connectivity index (χ3n) is 1.90. The molecule has 15 heavy (non-hydrogen) atoms. The van der Waals surface area contributed by atoms with Gasteiger partial charge in [0.15, 0.2) is 0 Å². The third-order valence-corrected chi connectivity index (χ3v) is 2.53. The number of nitrogens with one attached hydrogen (secondary N) is 1. The van der Waals surface area contributed by atoms with E-state index in [4.69, 9.17) is 0 Å². The van der Waals surface area contributed by atoms with Gasteiger partial charge in [0, 0.05) is 25.1 Å². The highest BCUT2D eigenvalue weighted by Gasteiger charge is 1.97. The van der Waals surface area contributed by atoms with Crippen molar-refractivity contribution in [1.29, 1.82) is 0 Å². The van der Waals surface area contributed by atoms with Gasteiger partial charge in [-0.15, -0.1) is 5.10 Å². The zero-order valence-corrected chi connectivity index (χ0v) is 9.55. The largest absolute Gasteiger partial charge is 0.382 e. The van der Waals surface area contributed by atoms with Crippen LogP contribution in [0.15, 0.2) is 35.3 Å². The first-order chi connectivity index (χ1) is 7.36. The topological polar surface area (TPSA) is 55.6 Å². The van der Waals surface area contributed by atoms with Gasteiger partial charge < -0.3 is 5.32 Å². The van der Waals surface area contributed by atoms with Crippen molar-refractivity contribution in [1.82, 2.24) is 20.0 Å². The molecule has 0 bridgehead atoms. The molecule has 6 heteroatoms. The van der Waals surface area contributed by atoms with Gasteiger partial charge >= 0.3 is 0 Å². The summed E-state index contributed by atoms with van der Waals surface area (Å²) in [7, 11) is 0. The molecule has 5 nitrogen and oxygen atoms in total. The van der Waals surface area contributed by atoms with E-state index in [0.29, 0.717) is 0 Å². The summed E-state index contributed by atoms with van der Waals surface area (Å²) in [6, 6.07) is 1.92. The van der Waals surface area contributed by atoms with Gasteiger partial charge in [0.25, 0.3) is 0 Å². The first kappa shape index (κ1) is 10.1. The first-order valence-corrected chi connectivity index (χ1v) is 5.33. The van der Waals surface area contributed by atoms with Crippen molar-refractivity contribution < 1.29 is 0 Å². The molecule has 0 aromatic carbocycles. The molecule has 2 aromatic heterocycles. The summed E-state index contributed by atoms with van der Waals surface area (Å²) in [5.74, 6) is 0. The Labute approximate surface area is 95.7 Å². The molecular formula is C9H10BrN5. The minimum atomic E-state index is 0.786. The molecule has 0 aliphatic heterocycles. The van der Waals surface area contributed by atoms with E-state index in [1.165, 1.54) is 0 Å². The molecule has 2 aromatic rings. The number of anilines is 1. The van der Waals surface area contributed by atoms with Gasteiger partial charge in [-0.2, -0.15) is 0 Å². The Morgan fingerprint density at radius 1 is 1.40 bits per heavy atom. The van der Waals surface area contributed by atoms with Crippen molar-refractivity contribution in [2.24, 2.45) is 0 Å². The van der Waals surface area contributed by atoms with Gasteiger partial charge in [-0.1, -0.05) is 5.21 Å². The molecule has 2 heterocycles. The van der Waals surface area contributed by atoms with Gasteiger partial charge in [0.2, 0.25) is 0 Å². The van der Waals surface area contributed by atoms with Crippen LogP contribution in [0.4, 0.5) is 5.69 Å². The Kier molecular flexibility index (Phi) is 3.29. The Balaban J connectivity index is 1.86. The maximum atomic E-state index is 3.99. The van der Waals surface area contributed by atoms with Gasteiger partial charge in [-0.3, -0.25) is 9.67 Å². The van der Waals surface area contributed by atoms with Crippen LogP contribution in [0.5, 0.6) is 0 Å². The van der Waals surface area contributed by atoms with E-state index in [9.17, 15) is 0 Å². The van der Waals surface area contributed by atoms with Crippen LogP contribution in [-0.2, 0) is 6.54 Å². The lowest BCUT2D eigenvalue weighted by atomic mass is 10.4. The van der Waals surface area contributed by atoms with Crippen LogP contribution in [0.2, 0.25) is 0 Å². The number of nitrogens with zero attached hydrogens (tertiary/aromatic N) is 4. The lowest BCUT2D eigenvalue weighted by molar-refractivity contribution is 0.609. The highest BCUT2D eigenvalue weighted by Crippen LogP contribution is 2.19. The standard InChI is InChI=1S/C9H10BrN5/c10-8-7-11-2-1-9(8)12-3-5-15-6-4-13-14-15/h1-2,4,6-7H,3,5H2,(H,11,12). The summed E-state index contributed by atoms with van der Waals surface area (Å²) in [4.78, 5) is 3.99. The smallest absolute Gasteiger partial charge is 0.0692 e. The molecule has 0 atom stereocenters. The van der Waals surface area contributed by atoms with Gasteiger partial charge in [0.05, 0.1) is 22.9 Å². The molecule has 0 fully saturated rings. The van der Waals surface area contributed by atoms with Crippen molar-refractivity contribution >= 4 is 21.6 Å². The second-order valence-electron chi connectivity index (χ2n) is 2.95. The number of pyridine rings is 1. The minimum absolute atomic E-state index is 0.786. The van der Waals surface area contributed by atoms with E-state index in [-0.39, 0.29) is 0 Å². The number of hydrogen-bond acceptors (Lipinski definition) is 4. The predicted molar refractivity (Wildman–Crippen MR) is 60.4 cm³/mol. The molecule has 0 unspecified atom stereocenters. The lowest BCUT2D eigenvalue weighted by Gasteiger charge is -2.07. The quantitative estimate of drug-likeness (QED) is 0.914. The summed E-state index contributed by atoms with van der Waals surface area (Å²) in [5, 5.41) is 10.9. The fraction of sp³-hybridized carbons (Fsp3) is 0.222. The fourth-order valence-electron chi connectivity index (χ4n) is 1.18. The summed E-state index contributed by atoms with van der Waals surface area (Å²) in [6.45, 7) is 1.58. The highest BCUT2D eigenvalue weighted by atomic mass is 79.9. The average Bonchev–Trinajstić information content (AvgIpc) is 2.74. The van der Waals surface area contributed by atoms with Crippen molar-refractivity contribution in [3.63, 3.8) is 0 Å². The van der Waals surface area contributed by atoms with E-state index in [2.05, 4.69) is 36.5 Å². The molecule has 0 aliphatic rings. The first-order valence-electron chi connectivity index (χ1n) is 4.54. The van der Waals surface area contributed by atoms with Crippen LogP contribution in [0.25, 0.3) is 0 Å². The molecule has 0 saturated heterocycles.